The zero-order valence-electron chi connectivity index (χ0n) is 11.8. The first-order valence-electron chi connectivity index (χ1n) is 6.63. The molecule has 1 N–H and O–H groups in total. The van der Waals surface area contributed by atoms with Crippen LogP contribution < -0.4 is 4.74 Å². The van der Waals surface area contributed by atoms with E-state index in [1.165, 1.54) is 12.1 Å². The molecule has 1 heterocycles. The van der Waals surface area contributed by atoms with Crippen LogP contribution in [0.2, 0.25) is 5.02 Å². The number of ether oxygens (including phenoxy) is 1. The predicted octanol–water partition coefficient (Wildman–Crippen LogP) is 5.58. The van der Waals surface area contributed by atoms with Gasteiger partial charge in [-0.05, 0) is 54.7 Å². The fourth-order valence-corrected chi connectivity index (χ4v) is 2.68. The number of halogens is 5. The Morgan fingerprint density at radius 2 is 1.79 bits per heavy atom. The Balaban J connectivity index is 1.99. The predicted molar refractivity (Wildman–Crippen MR) is 85.0 cm³/mol. The highest BCUT2D eigenvalue weighted by atomic mass is 35.5. The van der Waals surface area contributed by atoms with Crippen LogP contribution in [-0.2, 0) is 0 Å². The van der Waals surface area contributed by atoms with Gasteiger partial charge >= 0.3 is 12.5 Å². The Morgan fingerprint density at radius 3 is 2.42 bits per heavy atom. The van der Waals surface area contributed by atoms with Crippen LogP contribution in [0.1, 0.15) is 0 Å². The van der Waals surface area contributed by atoms with Gasteiger partial charge in [-0.2, -0.15) is 17.6 Å². The Labute approximate surface area is 143 Å². The monoisotopic (exact) mass is 376 g/mol. The fourth-order valence-electron chi connectivity index (χ4n) is 2.20. The quantitative estimate of drug-likeness (QED) is 0.476. The van der Waals surface area contributed by atoms with Crippen molar-refractivity contribution in [2.45, 2.75) is 12.5 Å². The third kappa shape index (κ3) is 3.11. The molecule has 0 saturated carbocycles. The van der Waals surface area contributed by atoms with Gasteiger partial charge < -0.3 is 9.72 Å². The second kappa shape index (κ2) is 6.10. The number of nitrogens with one attached hydrogen (secondary N) is 1. The minimum atomic E-state index is -4.55. The molecule has 3 rings (SSSR count). The van der Waals surface area contributed by atoms with Gasteiger partial charge in [-0.3, -0.25) is 4.57 Å². The lowest BCUT2D eigenvalue weighted by Crippen LogP contribution is -2.33. The van der Waals surface area contributed by atoms with Gasteiger partial charge in [0, 0.05) is 10.7 Å². The molecule has 3 aromatic rings. The second-order valence-corrected chi connectivity index (χ2v) is 5.71. The van der Waals surface area contributed by atoms with Crippen LogP contribution in [0, 0.1) is 4.77 Å². The number of benzene rings is 2. The number of imidazole rings is 1. The molecular weight excluding hydrogens is 368 g/mol. The van der Waals surface area contributed by atoms with E-state index in [-0.39, 0.29) is 5.75 Å². The molecule has 0 bridgehead atoms. The molecule has 0 aliphatic rings. The summed E-state index contributed by atoms with van der Waals surface area (Å²) in [5.41, 5.74) is 1.98. The van der Waals surface area contributed by atoms with Crippen molar-refractivity contribution in [2.24, 2.45) is 0 Å². The number of hydrogen-bond donors (Lipinski definition) is 1. The molecular formula is C15H9ClF4N2OS. The number of aromatic amines is 1. The first-order valence-corrected chi connectivity index (χ1v) is 7.42. The molecule has 9 heteroatoms. The Kier molecular flexibility index (Phi) is 4.27. The summed E-state index contributed by atoms with van der Waals surface area (Å²) in [5.74, 6) is -0.381. The third-order valence-electron chi connectivity index (χ3n) is 3.25. The summed E-state index contributed by atoms with van der Waals surface area (Å²) in [6.07, 6.45) is -8.46. The molecule has 3 nitrogen and oxygen atoms in total. The van der Waals surface area contributed by atoms with Gasteiger partial charge in [0.05, 0.1) is 11.0 Å². The minimum absolute atomic E-state index is 0.374. The van der Waals surface area contributed by atoms with Crippen LogP contribution in [0.15, 0.2) is 42.5 Å². The van der Waals surface area contributed by atoms with Crippen LogP contribution in [-0.4, -0.2) is 22.1 Å². The summed E-state index contributed by atoms with van der Waals surface area (Å²) >= 11 is 11.2. The van der Waals surface area contributed by atoms with Gasteiger partial charge in [-0.1, -0.05) is 11.6 Å². The van der Waals surface area contributed by atoms with Crippen molar-refractivity contribution in [2.75, 3.05) is 0 Å². The van der Waals surface area contributed by atoms with E-state index in [1.807, 2.05) is 0 Å². The first kappa shape index (κ1) is 16.8. The van der Waals surface area contributed by atoms with Crippen molar-refractivity contribution in [3.05, 3.63) is 52.3 Å². The van der Waals surface area contributed by atoms with Crippen molar-refractivity contribution in [3.8, 4) is 11.4 Å². The van der Waals surface area contributed by atoms with Gasteiger partial charge in [0.2, 0.25) is 0 Å². The van der Waals surface area contributed by atoms with E-state index in [9.17, 15) is 17.6 Å². The summed E-state index contributed by atoms with van der Waals surface area (Å²) in [5, 5.41) is 0.502. The van der Waals surface area contributed by atoms with Crippen molar-refractivity contribution in [1.29, 1.82) is 0 Å². The molecule has 0 unspecified atom stereocenters. The molecule has 0 aliphatic carbocycles. The van der Waals surface area contributed by atoms with E-state index in [1.54, 1.807) is 22.8 Å². The largest absolute Gasteiger partial charge is 0.461 e. The molecule has 0 spiro atoms. The Morgan fingerprint density at radius 1 is 1.12 bits per heavy atom. The van der Waals surface area contributed by atoms with Crippen molar-refractivity contribution < 1.29 is 22.3 Å². The van der Waals surface area contributed by atoms with E-state index in [2.05, 4.69) is 9.72 Å². The number of H-pyrrole nitrogens is 1. The molecule has 2 aromatic carbocycles. The van der Waals surface area contributed by atoms with E-state index >= 15 is 0 Å². The van der Waals surface area contributed by atoms with Crippen molar-refractivity contribution in [3.63, 3.8) is 0 Å². The molecule has 24 heavy (non-hydrogen) atoms. The minimum Gasteiger partial charge on any atom is -0.428 e. The second-order valence-electron chi connectivity index (χ2n) is 4.89. The van der Waals surface area contributed by atoms with E-state index in [4.69, 9.17) is 23.8 Å². The summed E-state index contributed by atoms with van der Waals surface area (Å²) in [6.45, 7) is 0. The lowest BCUT2D eigenvalue weighted by atomic mass is 10.2. The van der Waals surface area contributed by atoms with Crippen LogP contribution in [0.5, 0.6) is 5.75 Å². The smallest absolute Gasteiger partial charge is 0.428 e. The zero-order valence-corrected chi connectivity index (χ0v) is 13.3. The molecule has 1 aromatic heterocycles. The number of rotatable bonds is 4. The highest BCUT2D eigenvalue weighted by Crippen LogP contribution is 2.29. The highest BCUT2D eigenvalue weighted by Gasteiger charge is 2.43. The normalized spacial score (nSPS) is 12.1. The van der Waals surface area contributed by atoms with Crippen LogP contribution in [0.3, 0.4) is 0 Å². The molecule has 0 atom stereocenters. The molecule has 0 amide bonds. The van der Waals surface area contributed by atoms with E-state index < -0.39 is 12.5 Å². The SMILES string of the molecule is FC(F)C(F)(F)Oc1ccc(-n2c(=S)[nH]c3ccc(Cl)cc32)cc1. The maximum absolute atomic E-state index is 12.9. The van der Waals surface area contributed by atoms with Crippen LogP contribution in [0.4, 0.5) is 17.6 Å². The topological polar surface area (TPSA) is 29.9 Å². The lowest BCUT2D eigenvalue weighted by molar-refractivity contribution is -0.253. The lowest BCUT2D eigenvalue weighted by Gasteiger charge is -2.17. The molecule has 0 saturated heterocycles. The summed E-state index contributed by atoms with van der Waals surface area (Å²) in [7, 11) is 0. The van der Waals surface area contributed by atoms with Crippen molar-refractivity contribution in [1.82, 2.24) is 9.55 Å². The zero-order chi connectivity index (χ0) is 17.5. The third-order valence-corrected chi connectivity index (χ3v) is 3.77. The average Bonchev–Trinajstić information content (AvgIpc) is 2.83. The van der Waals surface area contributed by atoms with Gasteiger partial charge in [-0.25, -0.2) is 0 Å². The first-order chi connectivity index (χ1) is 11.3. The summed E-state index contributed by atoms with van der Waals surface area (Å²) in [6, 6.07) is 10.3. The number of hydrogen-bond acceptors (Lipinski definition) is 2. The van der Waals surface area contributed by atoms with E-state index in [0.29, 0.717) is 21.0 Å². The van der Waals surface area contributed by atoms with E-state index in [0.717, 1.165) is 17.6 Å². The van der Waals surface area contributed by atoms with Gasteiger partial charge in [0.1, 0.15) is 5.75 Å². The standard InChI is InChI=1S/C15H9ClF4N2OS/c16-8-1-6-11-12(7-8)22(14(24)21-11)9-2-4-10(5-3-9)23-15(19,20)13(17)18/h1-7,13H,(H,21,24). The number of aromatic nitrogens is 2. The van der Waals surface area contributed by atoms with Crippen molar-refractivity contribution >= 4 is 34.9 Å². The molecule has 0 fully saturated rings. The maximum atomic E-state index is 12.9. The van der Waals surface area contributed by atoms with Gasteiger partial charge in [0.25, 0.3) is 0 Å². The fraction of sp³-hybridized carbons (Fsp3) is 0.133. The highest BCUT2D eigenvalue weighted by molar-refractivity contribution is 7.71. The number of fused-ring (bicyclic) bond motifs is 1. The number of nitrogens with zero attached hydrogens (tertiary/aromatic N) is 1. The molecule has 126 valence electrons. The maximum Gasteiger partial charge on any atom is 0.461 e. The average molecular weight is 377 g/mol. The van der Waals surface area contributed by atoms with Gasteiger partial charge in [0.15, 0.2) is 4.77 Å². The molecule has 0 aliphatic heterocycles. The van der Waals surface area contributed by atoms with Crippen LogP contribution >= 0.6 is 23.8 Å². The molecule has 0 radical (unpaired) electrons. The summed E-state index contributed by atoms with van der Waals surface area (Å²) < 4.78 is 56.2. The van der Waals surface area contributed by atoms with Crippen LogP contribution in [0.25, 0.3) is 16.7 Å². The van der Waals surface area contributed by atoms with Gasteiger partial charge in [-0.15, -0.1) is 0 Å². The summed E-state index contributed by atoms with van der Waals surface area (Å²) in [4.78, 5) is 2.99. The Hall–Kier alpha value is -2.06. The number of alkyl halides is 4. The Bertz CT molecular complexity index is 937.